The van der Waals surface area contributed by atoms with Gasteiger partial charge < -0.3 is 5.32 Å². The Morgan fingerprint density at radius 1 is 1.15 bits per heavy atom. The molecule has 0 aliphatic carbocycles. The van der Waals surface area contributed by atoms with Gasteiger partial charge in [-0.2, -0.15) is 0 Å². The highest BCUT2D eigenvalue weighted by molar-refractivity contribution is 7.89. The van der Waals surface area contributed by atoms with Crippen LogP contribution in [0.1, 0.15) is 13.8 Å². The fourth-order valence-electron chi connectivity index (χ4n) is 1.34. The minimum atomic E-state index is -4.00. The van der Waals surface area contributed by atoms with Crippen LogP contribution in [0.5, 0.6) is 0 Å². The highest BCUT2D eigenvalue weighted by atomic mass is 32.2. The zero-order valence-electron chi connectivity index (χ0n) is 11.1. The Morgan fingerprint density at radius 3 is 2.20 bits per heavy atom. The van der Waals surface area contributed by atoms with Crippen LogP contribution in [0.15, 0.2) is 23.1 Å². The number of carbonyl (C=O) groups is 1. The third kappa shape index (κ3) is 4.86. The van der Waals surface area contributed by atoms with Crippen molar-refractivity contribution in [3.05, 3.63) is 29.8 Å². The zero-order chi connectivity index (χ0) is 15.3. The van der Waals surface area contributed by atoms with E-state index in [4.69, 9.17) is 0 Å². The fraction of sp³-hybridized carbons (Fsp3) is 0.417. The van der Waals surface area contributed by atoms with Gasteiger partial charge in [-0.3, -0.25) is 4.79 Å². The molecule has 0 unspecified atom stereocenters. The Kier molecular flexibility index (Phi) is 5.58. The van der Waals surface area contributed by atoms with E-state index >= 15 is 0 Å². The van der Waals surface area contributed by atoms with E-state index in [1.54, 1.807) is 13.8 Å². The lowest BCUT2D eigenvalue weighted by molar-refractivity contribution is -0.123. The topological polar surface area (TPSA) is 75.3 Å². The van der Waals surface area contributed by atoms with Crippen LogP contribution >= 0.6 is 0 Å². The summed E-state index contributed by atoms with van der Waals surface area (Å²) in [4.78, 5) is 10.7. The summed E-state index contributed by atoms with van der Waals surface area (Å²) < 4.78 is 51.6. The summed E-state index contributed by atoms with van der Waals surface area (Å²) >= 11 is 0. The van der Waals surface area contributed by atoms with Gasteiger partial charge in [-0.25, -0.2) is 21.9 Å². The molecule has 0 aliphatic rings. The first-order valence-electron chi connectivity index (χ1n) is 5.96. The molecular formula is C12H16F2N2O3S. The second-order valence-electron chi connectivity index (χ2n) is 4.45. The molecule has 0 bridgehead atoms. The number of halogens is 2. The highest BCUT2D eigenvalue weighted by Crippen LogP contribution is 2.13. The van der Waals surface area contributed by atoms with E-state index in [1.165, 1.54) is 0 Å². The maximum absolute atomic E-state index is 13.0. The van der Waals surface area contributed by atoms with Crippen molar-refractivity contribution >= 4 is 15.9 Å². The maximum Gasteiger partial charge on any atom is 0.240 e. The Morgan fingerprint density at radius 2 is 1.70 bits per heavy atom. The first-order valence-corrected chi connectivity index (χ1v) is 7.44. The summed E-state index contributed by atoms with van der Waals surface area (Å²) in [5.41, 5.74) is 0. The average molecular weight is 306 g/mol. The van der Waals surface area contributed by atoms with Gasteiger partial charge in [0.15, 0.2) is 0 Å². The molecule has 0 saturated heterocycles. The predicted octanol–water partition coefficient (Wildman–Crippen LogP) is 1.02. The minimum absolute atomic E-state index is 0.0705. The molecule has 0 atom stereocenters. The summed E-state index contributed by atoms with van der Waals surface area (Å²) in [6.45, 7) is 3.43. The van der Waals surface area contributed by atoms with Crippen molar-refractivity contribution in [2.75, 3.05) is 13.1 Å². The average Bonchev–Trinajstić information content (AvgIpc) is 2.33. The van der Waals surface area contributed by atoms with Gasteiger partial charge in [-0.15, -0.1) is 0 Å². The van der Waals surface area contributed by atoms with E-state index < -0.39 is 26.6 Å². The molecule has 2 N–H and O–H groups in total. The molecule has 8 heteroatoms. The van der Waals surface area contributed by atoms with Crippen molar-refractivity contribution in [2.45, 2.75) is 18.7 Å². The predicted molar refractivity (Wildman–Crippen MR) is 69.4 cm³/mol. The number of nitrogens with one attached hydrogen (secondary N) is 2. The molecule has 1 rings (SSSR count). The lowest BCUT2D eigenvalue weighted by Gasteiger charge is -2.09. The van der Waals surface area contributed by atoms with Gasteiger partial charge in [0.1, 0.15) is 11.6 Å². The van der Waals surface area contributed by atoms with Gasteiger partial charge in [0.25, 0.3) is 0 Å². The van der Waals surface area contributed by atoms with Crippen LogP contribution in [0, 0.1) is 17.6 Å². The first kappa shape index (κ1) is 16.5. The number of amides is 1. The van der Waals surface area contributed by atoms with Crippen LogP contribution in [0.2, 0.25) is 0 Å². The highest BCUT2D eigenvalue weighted by Gasteiger charge is 2.16. The molecule has 0 spiro atoms. The summed E-state index contributed by atoms with van der Waals surface area (Å²) in [6.07, 6.45) is 0. The quantitative estimate of drug-likeness (QED) is 0.770. The van der Waals surface area contributed by atoms with E-state index in [1.807, 2.05) is 0 Å². The molecule has 5 nitrogen and oxygen atoms in total. The van der Waals surface area contributed by atoms with Gasteiger partial charge in [-0.05, 0) is 12.1 Å². The molecular weight excluding hydrogens is 290 g/mol. The second-order valence-corrected chi connectivity index (χ2v) is 6.22. The third-order valence-electron chi connectivity index (χ3n) is 2.39. The van der Waals surface area contributed by atoms with Crippen molar-refractivity contribution in [2.24, 2.45) is 5.92 Å². The molecule has 0 heterocycles. The van der Waals surface area contributed by atoms with Crippen LogP contribution in [0.4, 0.5) is 8.78 Å². The van der Waals surface area contributed by atoms with Crippen molar-refractivity contribution in [3.8, 4) is 0 Å². The van der Waals surface area contributed by atoms with Gasteiger partial charge in [0.05, 0.1) is 4.90 Å². The van der Waals surface area contributed by atoms with Crippen LogP contribution < -0.4 is 10.0 Å². The summed E-state index contributed by atoms with van der Waals surface area (Å²) in [7, 11) is -4.00. The van der Waals surface area contributed by atoms with E-state index in [0.29, 0.717) is 6.07 Å². The van der Waals surface area contributed by atoms with Crippen LogP contribution in [-0.4, -0.2) is 27.4 Å². The van der Waals surface area contributed by atoms with Crippen molar-refractivity contribution in [1.29, 1.82) is 0 Å². The van der Waals surface area contributed by atoms with E-state index in [9.17, 15) is 22.0 Å². The number of carbonyl (C=O) groups excluding carboxylic acids is 1. The largest absolute Gasteiger partial charge is 0.355 e. The molecule has 1 amide bonds. The molecule has 0 radical (unpaired) electrons. The van der Waals surface area contributed by atoms with E-state index in [-0.39, 0.29) is 24.9 Å². The third-order valence-corrected chi connectivity index (χ3v) is 3.83. The Bertz CT molecular complexity index is 568. The smallest absolute Gasteiger partial charge is 0.240 e. The monoisotopic (exact) mass is 306 g/mol. The number of sulfonamides is 1. The molecule has 1 aromatic rings. The lowest BCUT2D eigenvalue weighted by Crippen LogP contribution is -2.36. The zero-order valence-corrected chi connectivity index (χ0v) is 11.9. The summed E-state index contributed by atoms with van der Waals surface area (Å²) in [6, 6.07) is 2.03. The van der Waals surface area contributed by atoms with Crippen LogP contribution in [0.25, 0.3) is 0 Å². The van der Waals surface area contributed by atoms with Crippen molar-refractivity contribution < 1.29 is 22.0 Å². The lowest BCUT2D eigenvalue weighted by atomic mass is 10.2. The Hall–Kier alpha value is -1.54. The fourth-order valence-corrected chi connectivity index (χ4v) is 2.42. The van der Waals surface area contributed by atoms with Crippen LogP contribution in [-0.2, 0) is 14.8 Å². The molecule has 1 aromatic carbocycles. The van der Waals surface area contributed by atoms with Gasteiger partial charge in [0, 0.05) is 25.1 Å². The van der Waals surface area contributed by atoms with Crippen molar-refractivity contribution in [3.63, 3.8) is 0 Å². The molecule has 112 valence electrons. The molecule has 0 fully saturated rings. The summed E-state index contributed by atoms with van der Waals surface area (Å²) in [5.74, 6) is -2.36. The normalized spacial score (nSPS) is 11.7. The number of hydrogen-bond donors (Lipinski definition) is 2. The van der Waals surface area contributed by atoms with E-state index in [2.05, 4.69) is 10.0 Å². The Labute approximate surface area is 116 Å². The maximum atomic E-state index is 13.0. The Balaban J connectivity index is 2.60. The number of benzene rings is 1. The van der Waals surface area contributed by atoms with Gasteiger partial charge in [-0.1, -0.05) is 13.8 Å². The minimum Gasteiger partial charge on any atom is -0.355 e. The van der Waals surface area contributed by atoms with E-state index in [0.717, 1.165) is 12.1 Å². The van der Waals surface area contributed by atoms with Crippen LogP contribution in [0.3, 0.4) is 0 Å². The number of rotatable bonds is 6. The molecule has 0 aliphatic heterocycles. The molecule has 0 aromatic heterocycles. The summed E-state index contributed by atoms with van der Waals surface area (Å²) in [5, 5.41) is 2.51. The molecule has 0 saturated carbocycles. The molecule has 20 heavy (non-hydrogen) atoms. The standard InChI is InChI=1S/C12H16F2N2O3S/c1-8(2)12(17)15-3-4-16-20(18,19)11-6-9(13)5-10(14)7-11/h5-8,16H,3-4H2,1-2H3,(H,15,17). The van der Waals surface area contributed by atoms with Gasteiger partial charge in [0.2, 0.25) is 15.9 Å². The number of hydrogen-bond acceptors (Lipinski definition) is 3. The first-order chi connectivity index (χ1) is 9.22. The SMILES string of the molecule is CC(C)C(=O)NCCNS(=O)(=O)c1cc(F)cc(F)c1. The van der Waals surface area contributed by atoms with Crippen molar-refractivity contribution in [1.82, 2.24) is 10.0 Å². The second kappa shape index (κ2) is 6.76. The van der Waals surface area contributed by atoms with Gasteiger partial charge >= 0.3 is 0 Å².